The van der Waals surface area contributed by atoms with Gasteiger partial charge in [0.2, 0.25) is 0 Å². The van der Waals surface area contributed by atoms with Crippen LogP contribution in [0.5, 0.6) is 5.75 Å². The van der Waals surface area contributed by atoms with Crippen LogP contribution in [0.3, 0.4) is 0 Å². The molecule has 0 aliphatic heterocycles. The van der Waals surface area contributed by atoms with Gasteiger partial charge >= 0.3 is 0 Å². The van der Waals surface area contributed by atoms with Gasteiger partial charge in [0.1, 0.15) is 11.5 Å². The molecule has 168 valence electrons. The fraction of sp³-hybridized carbons (Fsp3) is 0.552. The van der Waals surface area contributed by atoms with E-state index < -0.39 is 0 Å². The molecular formula is C29H40O2. The molecule has 0 radical (unpaired) electrons. The molecule has 1 aliphatic carbocycles. The largest absolute Gasteiger partial charge is 0.494 e. The molecule has 1 aliphatic rings. The second kappa shape index (κ2) is 12.7. The Morgan fingerprint density at radius 1 is 0.774 bits per heavy atom. The van der Waals surface area contributed by atoms with E-state index in [-0.39, 0.29) is 5.92 Å². The first kappa shape index (κ1) is 23.6. The Labute approximate surface area is 189 Å². The van der Waals surface area contributed by atoms with Crippen LogP contribution in [0.2, 0.25) is 0 Å². The van der Waals surface area contributed by atoms with Gasteiger partial charge in [0.05, 0.1) is 6.61 Å². The Kier molecular flexibility index (Phi) is 9.65. The lowest BCUT2D eigenvalue weighted by molar-refractivity contribution is -0.123. The molecule has 1 fully saturated rings. The topological polar surface area (TPSA) is 26.3 Å². The van der Waals surface area contributed by atoms with Crippen LogP contribution in [0, 0.1) is 5.92 Å². The predicted octanol–water partition coefficient (Wildman–Crippen LogP) is 8.35. The molecule has 2 aromatic carbocycles. The van der Waals surface area contributed by atoms with E-state index in [0.29, 0.717) is 11.7 Å². The summed E-state index contributed by atoms with van der Waals surface area (Å²) < 4.78 is 5.92. The Morgan fingerprint density at radius 3 is 2.00 bits per heavy atom. The van der Waals surface area contributed by atoms with Crippen molar-refractivity contribution in [3.05, 3.63) is 54.1 Å². The predicted molar refractivity (Wildman–Crippen MR) is 131 cm³/mol. The second-order valence-electron chi connectivity index (χ2n) is 9.19. The molecule has 1 saturated carbocycles. The summed E-state index contributed by atoms with van der Waals surface area (Å²) in [6.07, 6.45) is 13.2. The number of Topliss-reactive ketones (excluding diaryl/α,β-unsaturated/α-hetero) is 1. The lowest BCUT2D eigenvalue weighted by Crippen LogP contribution is -2.23. The highest BCUT2D eigenvalue weighted by atomic mass is 16.5. The molecular weight excluding hydrogens is 380 g/mol. The van der Waals surface area contributed by atoms with Crippen LogP contribution in [0.15, 0.2) is 48.5 Å². The van der Waals surface area contributed by atoms with E-state index in [2.05, 4.69) is 62.4 Å². The highest BCUT2D eigenvalue weighted by Gasteiger charge is 2.28. The van der Waals surface area contributed by atoms with Crippen molar-refractivity contribution in [3.8, 4) is 16.9 Å². The lowest BCUT2D eigenvalue weighted by atomic mass is 9.77. The summed E-state index contributed by atoms with van der Waals surface area (Å²) in [4.78, 5) is 12.5. The highest BCUT2D eigenvalue weighted by molar-refractivity contribution is 5.86. The van der Waals surface area contributed by atoms with Gasteiger partial charge in [-0.25, -0.2) is 0 Å². The van der Waals surface area contributed by atoms with Crippen molar-refractivity contribution in [1.82, 2.24) is 0 Å². The van der Waals surface area contributed by atoms with Gasteiger partial charge in [-0.1, -0.05) is 95.2 Å². The number of hydrogen-bond donors (Lipinski definition) is 0. The summed E-state index contributed by atoms with van der Waals surface area (Å²) in [5, 5.41) is 0. The van der Waals surface area contributed by atoms with Crippen LogP contribution in [0.4, 0.5) is 0 Å². The molecule has 0 saturated heterocycles. The van der Waals surface area contributed by atoms with Crippen LogP contribution in [0.25, 0.3) is 11.1 Å². The molecule has 2 unspecified atom stereocenters. The number of carbonyl (C=O) groups excluding carboxylic acids is 1. The minimum absolute atomic E-state index is 0.0965. The Hall–Kier alpha value is -2.09. The molecule has 0 bridgehead atoms. The van der Waals surface area contributed by atoms with Gasteiger partial charge in [-0.05, 0) is 54.0 Å². The highest BCUT2D eigenvalue weighted by Crippen LogP contribution is 2.35. The van der Waals surface area contributed by atoms with Crippen molar-refractivity contribution in [1.29, 1.82) is 0 Å². The zero-order valence-electron chi connectivity index (χ0n) is 19.6. The Bertz CT molecular complexity index is 775. The smallest absolute Gasteiger partial charge is 0.140 e. The third kappa shape index (κ3) is 7.23. The zero-order chi connectivity index (χ0) is 21.9. The third-order valence-corrected chi connectivity index (χ3v) is 6.84. The van der Waals surface area contributed by atoms with Gasteiger partial charge in [-0.3, -0.25) is 4.79 Å². The van der Waals surface area contributed by atoms with E-state index in [1.165, 1.54) is 61.6 Å². The van der Waals surface area contributed by atoms with Crippen molar-refractivity contribution in [2.75, 3.05) is 6.61 Å². The first-order valence-corrected chi connectivity index (χ1v) is 12.6. The van der Waals surface area contributed by atoms with Gasteiger partial charge in [0, 0.05) is 12.3 Å². The third-order valence-electron chi connectivity index (χ3n) is 6.84. The number of rotatable bonds is 12. The second-order valence-corrected chi connectivity index (χ2v) is 9.19. The Morgan fingerprint density at radius 2 is 1.39 bits per heavy atom. The summed E-state index contributed by atoms with van der Waals surface area (Å²) in [6.45, 7) is 5.25. The number of carbonyl (C=O) groups is 1. The molecule has 0 heterocycles. The fourth-order valence-electron chi connectivity index (χ4n) is 4.69. The maximum Gasteiger partial charge on any atom is 0.140 e. The lowest BCUT2D eigenvalue weighted by Gasteiger charge is -2.27. The van der Waals surface area contributed by atoms with Crippen molar-refractivity contribution in [3.63, 3.8) is 0 Å². The molecule has 0 amide bonds. The number of hydrogen-bond acceptors (Lipinski definition) is 2. The van der Waals surface area contributed by atoms with Crippen LogP contribution < -0.4 is 4.74 Å². The SMILES string of the molecule is CCCCCCCCCOc1ccc(-c2ccc(C3CCC(CC)CC3=O)cc2)cc1. The monoisotopic (exact) mass is 420 g/mol. The van der Waals surface area contributed by atoms with Crippen LogP contribution >= 0.6 is 0 Å². The quantitative estimate of drug-likeness (QED) is 0.322. The fourth-order valence-corrected chi connectivity index (χ4v) is 4.69. The van der Waals surface area contributed by atoms with Gasteiger partial charge in [0.25, 0.3) is 0 Å². The standard InChI is InChI=1S/C29H40O2/c1-3-5-6-7-8-9-10-21-31-27-18-16-25(17-19-27)24-12-14-26(15-13-24)28-20-11-23(4-2)22-29(28)30/h12-19,23,28H,3-11,20-22H2,1-2H3. The van der Waals surface area contributed by atoms with E-state index in [9.17, 15) is 4.79 Å². The van der Waals surface area contributed by atoms with Gasteiger partial charge in [-0.2, -0.15) is 0 Å². The van der Waals surface area contributed by atoms with E-state index in [1.807, 2.05) is 0 Å². The van der Waals surface area contributed by atoms with E-state index in [4.69, 9.17) is 4.74 Å². The van der Waals surface area contributed by atoms with E-state index in [1.54, 1.807) is 0 Å². The minimum Gasteiger partial charge on any atom is -0.494 e. The zero-order valence-corrected chi connectivity index (χ0v) is 19.6. The summed E-state index contributed by atoms with van der Waals surface area (Å²) in [5.74, 6) is 2.06. The van der Waals surface area contributed by atoms with E-state index >= 15 is 0 Å². The van der Waals surface area contributed by atoms with Crippen molar-refractivity contribution in [2.45, 2.75) is 90.4 Å². The van der Waals surface area contributed by atoms with Crippen LogP contribution in [-0.4, -0.2) is 12.4 Å². The maximum absolute atomic E-state index is 12.5. The molecule has 3 rings (SSSR count). The van der Waals surface area contributed by atoms with Gasteiger partial charge < -0.3 is 4.74 Å². The Balaban J connectivity index is 1.45. The first-order valence-electron chi connectivity index (χ1n) is 12.6. The van der Waals surface area contributed by atoms with E-state index in [0.717, 1.165) is 38.0 Å². The normalized spacial score (nSPS) is 18.8. The van der Waals surface area contributed by atoms with Crippen molar-refractivity contribution in [2.24, 2.45) is 5.92 Å². The van der Waals surface area contributed by atoms with Crippen molar-refractivity contribution < 1.29 is 9.53 Å². The van der Waals surface area contributed by atoms with Crippen LogP contribution in [-0.2, 0) is 4.79 Å². The van der Waals surface area contributed by atoms with Gasteiger partial charge in [-0.15, -0.1) is 0 Å². The molecule has 31 heavy (non-hydrogen) atoms. The summed E-state index contributed by atoms with van der Waals surface area (Å²) in [6, 6.07) is 17.0. The maximum atomic E-state index is 12.5. The molecule has 0 N–H and O–H groups in total. The molecule has 0 spiro atoms. The minimum atomic E-state index is 0.0965. The van der Waals surface area contributed by atoms with Crippen molar-refractivity contribution >= 4 is 5.78 Å². The van der Waals surface area contributed by atoms with Gasteiger partial charge in [0.15, 0.2) is 0 Å². The summed E-state index contributed by atoms with van der Waals surface area (Å²) in [5.41, 5.74) is 3.56. The first-order chi connectivity index (χ1) is 15.2. The molecule has 2 nitrogen and oxygen atoms in total. The number of unbranched alkanes of at least 4 members (excludes halogenated alkanes) is 6. The summed E-state index contributed by atoms with van der Waals surface area (Å²) in [7, 11) is 0. The molecule has 2 heteroatoms. The average Bonchev–Trinajstić information content (AvgIpc) is 2.81. The number of ether oxygens (including phenoxy) is 1. The number of benzene rings is 2. The summed E-state index contributed by atoms with van der Waals surface area (Å²) >= 11 is 0. The average molecular weight is 421 g/mol. The molecule has 2 aromatic rings. The molecule has 0 aromatic heterocycles. The van der Waals surface area contributed by atoms with Crippen LogP contribution in [0.1, 0.15) is 96.0 Å². The number of ketones is 1. The molecule has 2 atom stereocenters.